The molecule has 0 saturated carbocycles. The lowest BCUT2D eigenvalue weighted by molar-refractivity contribution is -0.137. The molecule has 3 atom stereocenters. The number of ether oxygens (including phenoxy) is 1. The number of hydrogen-bond acceptors (Lipinski definition) is 7. The molecule has 1 N–H and O–H groups in total. The highest BCUT2D eigenvalue weighted by Crippen LogP contribution is 2.54. The maximum Gasteiger partial charge on any atom is 0.416 e. The number of halogens is 4. The number of carbonyl (C=O) groups excluding carboxylic acids is 3. The second-order valence-electron chi connectivity index (χ2n) is 10.1. The molecule has 2 aliphatic heterocycles. The summed E-state index contributed by atoms with van der Waals surface area (Å²) in [5, 5.41) is 2.44. The van der Waals surface area contributed by atoms with Gasteiger partial charge >= 0.3 is 11.0 Å². The molecule has 3 heterocycles. The SMILES string of the molecule is COc1ccc(NC(=O)Cn2c3c(sc2=O)[C@@H](c2ccc(Cl)cc2)[C@@H]2C(=O)N(c4cccc(C(F)(F)F)c4)C(=O)[C@@H]2S3)cc1. The van der Waals surface area contributed by atoms with Crippen molar-refractivity contribution in [3.8, 4) is 5.75 Å². The Labute approximate surface area is 261 Å². The van der Waals surface area contributed by atoms with Gasteiger partial charge in [-0.05, 0) is 60.2 Å². The molecule has 8 nitrogen and oxygen atoms in total. The molecule has 4 aromatic rings. The van der Waals surface area contributed by atoms with Crippen molar-refractivity contribution >= 4 is 63.8 Å². The lowest BCUT2D eigenvalue weighted by Crippen LogP contribution is -2.33. The Morgan fingerprint density at radius 3 is 2.36 bits per heavy atom. The van der Waals surface area contributed by atoms with E-state index in [0.29, 0.717) is 31.9 Å². The summed E-state index contributed by atoms with van der Waals surface area (Å²) in [7, 11) is 1.51. The Balaban J connectivity index is 1.39. The van der Waals surface area contributed by atoms with E-state index < -0.39 is 51.4 Å². The number of nitrogens with zero attached hydrogens (tertiary/aromatic N) is 2. The summed E-state index contributed by atoms with van der Waals surface area (Å²) in [5.41, 5.74) is -0.121. The number of rotatable bonds is 6. The maximum atomic E-state index is 13.9. The fourth-order valence-corrected chi connectivity index (χ4v) is 8.28. The number of nitrogens with one attached hydrogen (secondary N) is 1. The van der Waals surface area contributed by atoms with Crippen molar-refractivity contribution in [2.75, 3.05) is 17.3 Å². The second kappa shape index (κ2) is 11.5. The third-order valence-corrected chi connectivity index (χ3v) is 10.2. The van der Waals surface area contributed by atoms with E-state index in [4.69, 9.17) is 16.3 Å². The van der Waals surface area contributed by atoms with Crippen LogP contribution in [0.2, 0.25) is 5.02 Å². The van der Waals surface area contributed by atoms with Crippen LogP contribution in [-0.2, 0) is 27.1 Å². The van der Waals surface area contributed by atoms with Gasteiger partial charge in [0.25, 0.3) is 0 Å². The summed E-state index contributed by atoms with van der Waals surface area (Å²) in [5.74, 6) is -3.09. The molecule has 226 valence electrons. The van der Waals surface area contributed by atoms with Crippen LogP contribution in [0.5, 0.6) is 5.75 Å². The zero-order chi connectivity index (χ0) is 31.3. The van der Waals surface area contributed by atoms with Crippen LogP contribution >= 0.6 is 34.7 Å². The van der Waals surface area contributed by atoms with Crippen LogP contribution in [0.15, 0.2) is 82.6 Å². The first kappa shape index (κ1) is 30.0. The predicted molar refractivity (Wildman–Crippen MR) is 161 cm³/mol. The molecule has 44 heavy (non-hydrogen) atoms. The standard InChI is InChI=1S/C30H21ClF3N3O5S2/c1-42-20-11-9-18(10-12-20)35-21(38)14-36-28-25(44-29(36)41)22(15-5-7-17(31)8-6-15)23-24(43-28)27(40)37(26(23)39)19-4-2-3-16(13-19)30(32,33)34/h2-13,22-24H,14H2,1H3,(H,35,38)/t22-,23-,24+/m0/s1. The predicted octanol–water partition coefficient (Wildman–Crippen LogP) is 6.03. The number of amides is 3. The van der Waals surface area contributed by atoms with Crippen molar-refractivity contribution in [1.82, 2.24) is 4.57 Å². The van der Waals surface area contributed by atoms with Gasteiger partial charge in [0, 0.05) is 21.5 Å². The number of aromatic nitrogens is 1. The van der Waals surface area contributed by atoms with E-state index in [9.17, 15) is 32.3 Å². The largest absolute Gasteiger partial charge is 0.497 e. The number of fused-ring (bicyclic) bond motifs is 2. The number of methoxy groups -OCH3 is 1. The minimum absolute atomic E-state index is 0.195. The van der Waals surface area contributed by atoms with E-state index in [0.717, 1.165) is 46.2 Å². The highest BCUT2D eigenvalue weighted by Gasteiger charge is 2.57. The van der Waals surface area contributed by atoms with Crippen LogP contribution < -0.4 is 19.8 Å². The van der Waals surface area contributed by atoms with Gasteiger partial charge < -0.3 is 10.1 Å². The van der Waals surface area contributed by atoms with Gasteiger partial charge in [-0.25, -0.2) is 4.90 Å². The minimum atomic E-state index is -4.68. The van der Waals surface area contributed by atoms with Crippen molar-refractivity contribution < 1.29 is 32.3 Å². The van der Waals surface area contributed by atoms with Crippen LogP contribution in [0.3, 0.4) is 0 Å². The summed E-state index contributed by atoms with van der Waals surface area (Å²) < 4.78 is 46.8. The van der Waals surface area contributed by atoms with Crippen LogP contribution in [0.4, 0.5) is 24.5 Å². The number of benzene rings is 3. The van der Waals surface area contributed by atoms with Crippen LogP contribution in [-0.4, -0.2) is 34.6 Å². The summed E-state index contributed by atoms with van der Waals surface area (Å²) in [6.45, 7) is -0.367. The monoisotopic (exact) mass is 659 g/mol. The Hall–Kier alpha value is -4.07. The van der Waals surface area contributed by atoms with Crippen LogP contribution in [0.25, 0.3) is 0 Å². The van der Waals surface area contributed by atoms with Crippen molar-refractivity contribution in [2.24, 2.45) is 5.92 Å². The molecule has 1 fully saturated rings. The van der Waals surface area contributed by atoms with E-state index in [1.165, 1.54) is 17.7 Å². The quantitative estimate of drug-likeness (QED) is 0.254. The molecule has 1 saturated heterocycles. The van der Waals surface area contributed by atoms with Crippen molar-refractivity contribution in [3.63, 3.8) is 0 Å². The van der Waals surface area contributed by atoms with Crippen LogP contribution in [0.1, 0.15) is 21.9 Å². The molecule has 0 radical (unpaired) electrons. The number of carbonyl (C=O) groups is 3. The summed E-state index contributed by atoms with van der Waals surface area (Å²) in [6, 6.07) is 17.2. The van der Waals surface area contributed by atoms with Gasteiger partial charge in [-0.1, -0.05) is 52.9 Å². The molecule has 6 rings (SSSR count). The summed E-state index contributed by atoms with van der Waals surface area (Å²) in [6.07, 6.45) is -4.68. The summed E-state index contributed by atoms with van der Waals surface area (Å²) in [4.78, 5) is 54.8. The van der Waals surface area contributed by atoms with Gasteiger partial charge in [0.05, 0.1) is 29.3 Å². The third-order valence-electron chi connectivity index (χ3n) is 7.39. The van der Waals surface area contributed by atoms with Gasteiger partial charge in [0.15, 0.2) is 0 Å². The molecule has 0 bridgehead atoms. The fourth-order valence-electron chi connectivity index (χ4n) is 5.38. The smallest absolute Gasteiger partial charge is 0.416 e. The normalized spacial score (nSPS) is 19.5. The van der Waals surface area contributed by atoms with E-state index in [2.05, 4.69) is 5.32 Å². The van der Waals surface area contributed by atoms with Gasteiger partial charge in [0.2, 0.25) is 17.7 Å². The number of alkyl halides is 3. The molecule has 0 spiro atoms. The minimum Gasteiger partial charge on any atom is -0.497 e. The molecule has 1 aromatic heterocycles. The van der Waals surface area contributed by atoms with Gasteiger partial charge in [-0.15, -0.1) is 0 Å². The van der Waals surface area contributed by atoms with Crippen molar-refractivity contribution in [1.29, 1.82) is 0 Å². The molecule has 3 aromatic carbocycles. The first-order valence-electron chi connectivity index (χ1n) is 13.1. The average molecular weight is 660 g/mol. The number of imide groups is 1. The molecular weight excluding hydrogens is 639 g/mol. The molecule has 0 aliphatic carbocycles. The molecule has 14 heteroatoms. The van der Waals surface area contributed by atoms with Crippen LogP contribution in [0, 0.1) is 5.92 Å². The maximum absolute atomic E-state index is 13.9. The Morgan fingerprint density at radius 1 is 1.00 bits per heavy atom. The third kappa shape index (κ3) is 5.39. The van der Waals surface area contributed by atoms with E-state index in [1.54, 1.807) is 48.5 Å². The Morgan fingerprint density at radius 2 is 1.70 bits per heavy atom. The zero-order valence-corrected chi connectivity index (χ0v) is 25.0. The van der Waals surface area contributed by atoms with Crippen molar-refractivity contribution in [3.05, 3.63) is 103 Å². The molecule has 3 amide bonds. The highest BCUT2D eigenvalue weighted by molar-refractivity contribution is 8.00. The van der Waals surface area contributed by atoms with E-state index in [1.807, 2.05) is 0 Å². The van der Waals surface area contributed by atoms with Gasteiger partial charge in [-0.3, -0.25) is 23.7 Å². The number of thioether (sulfide) groups is 1. The Bertz CT molecular complexity index is 1840. The van der Waals surface area contributed by atoms with Crippen molar-refractivity contribution in [2.45, 2.75) is 28.9 Å². The molecular formula is C30H21ClF3N3O5S2. The Kier molecular flexibility index (Phi) is 7.80. The van der Waals surface area contributed by atoms with Gasteiger partial charge in [0.1, 0.15) is 17.5 Å². The zero-order valence-electron chi connectivity index (χ0n) is 22.6. The highest BCUT2D eigenvalue weighted by atomic mass is 35.5. The van der Waals surface area contributed by atoms with Gasteiger partial charge in [-0.2, -0.15) is 13.2 Å². The fraction of sp³-hybridized carbons (Fsp3) is 0.200. The molecule has 0 unspecified atom stereocenters. The molecule has 2 aliphatic rings. The number of thiazole rings is 1. The number of anilines is 2. The topological polar surface area (TPSA) is 97.7 Å². The summed E-state index contributed by atoms with van der Waals surface area (Å²) >= 11 is 7.94. The lowest BCUT2D eigenvalue weighted by Gasteiger charge is -2.30. The van der Waals surface area contributed by atoms with E-state index >= 15 is 0 Å². The first-order valence-corrected chi connectivity index (χ1v) is 15.2. The second-order valence-corrected chi connectivity index (χ2v) is 12.6. The first-order chi connectivity index (χ1) is 21.0. The number of hydrogen-bond donors (Lipinski definition) is 1. The van der Waals surface area contributed by atoms with E-state index in [-0.39, 0.29) is 12.2 Å². The average Bonchev–Trinajstić information content (AvgIpc) is 3.43. The lowest BCUT2D eigenvalue weighted by atomic mass is 9.83.